The van der Waals surface area contributed by atoms with Crippen LogP contribution in [0.4, 0.5) is 5.69 Å². The van der Waals surface area contributed by atoms with Crippen LogP contribution in [-0.4, -0.2) is 26.4 Å². The molecule has 1 heterocycles. The molecule has 0 aliphatic rings. The average molecular weight is 435 g/mol. The van der Waals surface area contributed by atoms with Crippen molar-refractivity contribution >= 4 is 23.4 Å². The van der Waals surface area contributed by atoms with Gasteiger partial charge in [0.1, 0.15) is 0 Å². The van der Waals surface area contributed by atoms with E-state index in [-0.39, 0.29) is 17.1 Å². The first-order valence-corrected chi connectivity index (χ1v) is 11.3. The summed E-state index contributed by atoms with van der Waals surface area (Å²) in [6, 6.07) is 14.4. The van der Waals surface area contributed by atoms with Gasteiger partial charge in [-0.1, -0.05) is 75.0 Å². The third-order valence-electron chi connectivity index (χ3n) is 5.04. The Bertz CT molecular complexity index is 1080. The molecule has 5 nitrogen and oxygen atoms in total. The predicted molar refractivity (Wildman–Crippen MR) is 130 cm³/mol. The van der Waals surface area contributed by atoms with Crippen LogP contribution < -0.4 is 5.32 Å². The van der Waals surface area contributed by atoms with Crippen LogP contribution in [0.1, 0.15) is 37.5 Å². The van der Waals surface area contributed by atoms with E-state index >= 15 is 0 Å². The Balaban J connectivity index is 1.75. The highest BCUT2D eigenvalue weighted by molar-refractivity contribution is 7.99. The Morgan fingerprint density at radius 2 is 1.84 bits per heavy atom. The van der Waals surface area contributed by atoms with Gasteiger partial charge in [0.2, 0.25) is 5.91 Å². The number of allylic oxidation sites excluding steroid dienone is 1. The summed E-state index contributed by atoms with van der Waals surface area (Å²) in [5, 5.41) is 12.4. The molecule has 3 rings (SSSR count). The van der Waals surface area contributed by atoms with E-state index in [9.17, 15) is 4.79 Å². The quantitative estimate of drug-likeness (QED) is 0.378. The van der Waals surface area contributed by atoms with Gasteiger partial charge in [0.05, 0.1) is 5.75 Å². The second kappa shape index (κ2) is 9.52. The Morgan fingerprint density at radius 1 is 1.13 bits per heavy atom. The molecule has 1 aromatic heterocycles. The fourth-order valence-corrected chi connectivity index (χ4v) is 3.96. The van der Waals surface area contributed by atoms with Crippen LogP contribution >= 0.6 is 11.8 Å². The lowest BCUT2D eigenvalue weighted by atomic mass is 9.87. The summed E-state index contributed by atoms with van der Waals surface area (Å²) in [6.45, 7) is 15.0. The van der Waals surface area contributed by atoms with Gasteiger partial charge in [0, 0.05) is 17.8 Å². The van der Waals surface area contributed by atoms with E-state index in [0.29, 0.717) is 11.7 Å². The average Bonchev–Trinajstić information content (AvgIpc) is 3.11. The minimum absolute atomic E-state index is 0.0667. The number of benzene rings is 2. The van der Waals surface area contributed by atoms with Crippen molar-refractivity contribution in [2.45, 2.75) is 51.7 Å². The fourth-order valence-electron chi connectivity index (χ4n) is 3.21. The highest BCUT2D eigenvalue weighted by Gasteiger charge is 2.17. The lowest BCUT2D eigenvalue weighted by Crippen LogP contribution is -2.15. The highest BCUT2D eigenvalue weighted by atomic mass is 32.2. The number of rotatable bonds is 7. The topological polar surface area (TPSA) is 59.8 Å². The lowest BCUT2D eigenvalue weighted by molar-refractivity contribution is -0.113. The minimum Gasteiger partial charge on any atom is -0.325 e. The number of aromatic nitrogens is 3. The highest BCUT2D eigenvalue weighted by Crippen LogP contribution is 2.28. The Hall–Kier alpha value is -2.86. The van der Waals surface area contributed by atoms with Crippen LogP contribution in [0.3, 0.4) is 0 Å². The number of nitrogens with zero attached hydrogens (tertiary/aromatic N) is 3. The van der Waals surface area contributed by atoms with Gasteiger partial charge in [-0.15, -0.1) is 16.8 Å². The Labute approximate surface area is 189 Å². The summed E-state index contributed by atoms with van der Waals surface area (Å²) in [5.74, 6) is 0.965. The molecule has 0 aliphatic heterocycles. The first kappa shape index (κ1) is 22.8. The maximum absolute atomic E-state index is 12.5. The van der Waals surface area contributed by atoms with Crippen LogP contribution in [0.5, 0.6) is 0 Å². The number of anilines is 1. The summed E-state index contributed by atoms with van der Waals surface area (Å²) in [7, 11) is 0. The third-order valence-corrected chi connectivity index (χ3v) is 6.00. The molecule has 2 aromatic carbocycles. The van der Waals surface area contributed by atoms with Gasteiger partial charge in [-0.2, -0.15) is 0 Å². The van der Waals surface area contributed by atoms with Crippen molar-refractivity contribution < 1.29 is 4.79 Å². The largest absolute Gasteiger partial charge is 0.325 e. The zero-order valence-corrected chi connectivity index (χ0v) is 19.7. The third kappa shape index (κ3) is 5.64. The molecular formula is C25H30N4OS. The van der Waals surface area contributed by atoms with E-state index in [2.05, 4.69) is 67.1 Å². The van der Waals surface area contributed by atoms with Gasteiger partial charge >= 0.3 is 0 Å². The summed E-state index contributed by atoms with van der Waals surface area (Å²) in [6.07, 6.45) is 1.82. The van der Waals surface area contributed by atoms with Crippen LogP contribution in [-0.2, 0) is 16.8 Å². The van der Waals surface area contributed by atoms with Gasteiger partial charge < -0.3 is 5.32 Å². The SMILES string of the molecule is C=CCn1c(SCC(=O)Nc2cc(C)ccc2C)nnc1-c1ccc(C(C)(C)C)cc1. The zero-order valence-electron chi connectivity index (χ0n) is 18.9. The lowest BCUT2D eigenvalue weighted by Gasteiger charge is -2.19. The smallest absolute Gasteiger partial charge is 0.234 e. The Kier molecular flexibility index (Phi) is 7.01. The van der Waals surface area contributed by atoms with E-state index in [0.717, 1.165) is 28.2 Å². The number of thioether (sulfide) groups is 1. The fraction of sp³-hybridized carbons (Fsp3) is 0.320. The van der Waals surface area contributed by atoms with Crippen LogP contribution in [0.15, 0.2) is 60.3 Å². The Morgan fingerprint density at radius 3 is 2.48 bits per heavy atom. The summed E-state index contributed by atoms with van der Waals surface area (Å²) < 4.78 is 1.99. The molecule has 1 N–H and O–H groups in total. The molecule has 0 saturated heterocycles. The van der Waals surface area contributed by atoms with Crippen LogP contribution in [0, 0.1) is 13.8 Å². The second-order valence-corrected chi connectivity index (χ2v) is 9.63. The van der Waals surface area contributed by atoms with Crippen molar-refractivity contribution in [1.29, 1.82) is 0 Å². The van der Waals surface area contributed by atoms with Gasteiger partial charge in [-0.05, 0) is 42.0 Å². The van der Waals surface area contributed by atoms with E-state index in [4.69, 9.17) is 0 Å². The molecule has 1 amide bonds. The van der Waals surface area contributed by atoms with Crippen LogP contribution in [0.25, 0.3) is 11.4 Å². The second-order valence-electron chi connectivity index (χ2n) is 8.69. The van der Waals surface area contributed by atoms with Crippen molar-refractivity contribution in [2.24, 2.45) is 0 Å². The number of nitrogens with one attached hydrogen (secondary N) is 1. The molecule has 0 bridgehead atoms. The molecule has 0 unspecified atom stereocenters. The molecule has 0 spiro atoms. The molecule has 0 fully saturated rings. The molecule has 0 radical (unpaired) electrons. The molecule has 6 heteroatoms. The van der Waals surface area contributed by atoms with E-state index in [1.54, 1.807) is 0 Å². The predicted octanol–water partition coefficient (Wildman–Crippen LogP) is 5.78. The zero-order chi connectivity index (χ0) is 22.6. The van der Waals surface area contributed by atoms with Crippen molar-refractivity contribution in [3.8, 4) is 11.4 Å². The van der Waals surface area contributed by atoms with Crippen molar-refractivity contribution in [3.05, 3.63) is 71.8 Å². The number of carbonyl (C=O) groups excluding carboxylic acids is 1. The van der Waals surface area contributed by atoms with Gasteiger partial charge in [-0.3, -0.25) is 9.36 Å². The molecular weight excluding hydrogens is 404 g/mol. The number of hydrogen-bond acceptors (Lipinski definition) is 4. The van der Waals surface area contributed by atoms with E-state index in [1.807, 2.05) is 42.7 Å². The van der Waals surface area contributed by atoms with Gasteiger partial charge in [0.25, 0.3) is 0 Å². The normalized spacial score (nSPS) is 11.4. The number of hydrogen-bond donors (Lipinski definition) is 1. The first-order chi connectivity index (χ1) is 14.7. The summed E-state index contributed by atoms with van der Waals surface area (Å²) >= 11 is 1.38. The number of aryl methyl sites for hydroxylation is 2. The molecule has 3 aromatic rings. The van der Waals surface area contributed by atoms with E-state index in [1.165, 1.54) is 17.3 Å². The van der Waals surface area contributed by atoms with Crippen molar-refractivity contribution in [1.82, 2.24) is 14.8 Å². The van der Waals surface area contributed by atoms with E-state index < -0.39 is 0 Å². The van der Waals surface area contributed by atoms with Crippen LogP contribution in [0.2, 0.25) is 0 Å². The van der Waals surface area contributed by atoms with Crippen molar-refractivity contribution in [3.63, 3.8) is 0 Å². The molecule has 0 atom stereocenters. The first-order valence-electron chi connectivity index (χ1n) is 10.3. The molecule has 162 valence electrons. The maximum Gasteiger partial charge on any atom is 0.234 e. The standard InChI is InChI=1S/C25H30N4OS/c1-7-14-29-23(19-10-12-20(13-11-19)25(4,5)6)27-28-24(29)31-16-22(30)26-21-15-17(2)8-9-18(21)3/h7-13,15H,1,14,16H2,2-6H3,(H,26,30). The molecule has 0 saturated carbocycles. The van der Waals surface area contributed by atoms with Gasteiger partial charge in [0.15, 0.2) is 11.0 Å². The molecule has 31 heavy (non-hydrogen) atoms. The monoisotopic (exact) mass is 434 g/mol. The summed E-state index contributed by atoms with van der Waals surface area (Å²) in [5.41, 5.74) is 5.36. The number of amides is 1. The van der Waals surface area contributed by atoms with Gasteiger partial charge in [-0.25, -0.2) is 0 Å². The van der Waals surface area contributed by atoms with Crippen molar-refractivity contribution in [2.75, 3.05) is 11.1 Å². The summed E-state index contributed by atoms with van der Waals surface area (Å²) in [4.78, 5) is 12.5. The maximum atomic E-state index is 12.5. The number of carbonyl (C=O) groups is 1. The minimum atomic E-state index is -0.0667. The molecule has 0 aliphatic carbocycles.